The molecule has 5 aromatic rings. The third-order valence-corrected chi connectivity index (χ3v) is 9.83. The quantitative estimate of drug-likeness (QED) is 0.160. The standard InChI is InChI=1S/C34H32BrF2N7O3/c1-46-24-9-7-21(8-10-24)29-18-27(40-44(29)22-5-3-2-4-6-22)33(45)42-14-12-34(13-15-42)19-23(11-16-47-34)43-20-28(39-41-43)25-17-26(36)30(35)31(37)32(25)38/h2-10,17-18,20,23H,11-16,19,38H2,1H3. The van der Waals surface area contributed by atoms with Crippen LogP contribution in [0.15, 0.2) is 77.4 Å². The first-order valence-corrected chi connectivity index (χ1v) is 16.1. The van der Waals surface area contributed by atoms with E-state index in [1.165, 1.54) is 0 Å². The Morgan fingerprint density at radius 1 is 1.09 bits per heavy atom. The molecule has 1 unspecified atom stereocenters. The van der Waals surface area contributed by atoms with Crippen molar-refractivity contribution in [2.24, 2.45) is 0 Å². The number of methoxy groups -OCH3 is 1. The van der Waals surface area contributed by atoms with Gasteiger partial charge in [0.1, 0.15) is 17.3 Å². The van der Waals surface area contributed by atoms with Crippen LogP contribution in [0.25, 0.3) is 28.2 Å². The number of aromatic nitrogens is 5. The third kappa shape index (κ3) is 5.89. The van der Waals surface area contributed by atoms with Gasteiger partial charge >= 0.3 is 0 Å². The summed E-state index contributed by atoms with van der Waals surface area (Å²) in [6, 6.07) is 20.4. The first-order chi connectivity index (χ1) is 22.7. The molecule has 10 nitrogen and oxygen atoms in total. The van der Waals surface area contributed by atoms with Gasteiger partial charge in [-0.1, -0.05) is 23.4 Å². The van der Waals surface area contributed by atoms with Crippen LogP contribution in [0.3, 0.4) is 0 Å². The largest absolute Gasteiger partial charge is 0.497 e. The van der Waals surface area contributed by atoms with E-state index in [4.69, 9.17) is 20.3 Å². The topological polar surface area (TPSA) is 113 Å². The normalized spacial score (nSPS) is 17.6. The number of para-hydroxylation sites is 1. The van der Waals surface area contributed by atoms with Crippen LogP contribution < -0.4 is 10.5 Å². The van der Waals surface area contributed by atoms with Crippen LogP contribution in [-0.2, 0) is 4.74 Å². The van der Waals surface area contributed by atoms with Crippen LogP contribution in [0.4, 0.5) is 14.5 Å². The molecule has 47 heavy (non-hydrogen) atoms. The lowest BCUT2D eigenvalue weighted by atomic mass is 9.82. The fourth-order valence-corrected chi connectivity index (χ4v) is 6.80. The predicted molar refractivity (Wildman–Crippen MR) is 175 cm³/mol. The molecule has 4 heterocycles. The van der Waals surface area contributed by atoms with E-state index < -0.39 is 17.2 Å². The van der Waals surface area contributed by atoms with Crippen LogP contribution in [0, 0.1) is 11.6 Å². The molecule has 2 fully saturated rings. The number of anilines is 1. The number of piperidine rings is 1. The Bertz CT molecular complexity index is 1920. The Morgan fingerprint density at radius 3 is 2.55 bits per heavy atom. The number of likely N-dealkylation sites (tertiary alicyclic amines) is 1. The van der Waals surface area contributed by atoms with Crippen molar-refractivity contribution in [1.82, 2.24) is 29.7 Å². The molecule has 0 saturated carbocycles. The maximum atomic E-state index is 14.4. The second kappa shape index (κ2) is 12.5. The molecule has 0 bridgehead atoms. The number of nitrogen functional groups attached to an aromatic ring is 1. The molecule has 1 atom stereocenters. The molecule has 1 amide bonds. The maximum absolute atomic E-state index is 14.4. The Hall–Kier alpha value is -4.62. The van der Waals surface area contributed by atoms with Crippen molar-refractivity contribution in [2.75, 3.05) is 32.5 Å². The summed E-state index contributed by atoms with van der Waals surface area (Å²) in [7, 11) is 1.63. The molecule has 0 aliphatic carbocycles. The van der Waals surface area contributed by atoms with Crippen LogP contribution >= 0.6 is 15.9 Å². The van der Waals surface area contributed by atoms with Gasteiger partial charge in [0.15, 0.2) is 11.5 Å². The van der Waals surface area contributed by atoms with Gasteiger partial charge in [0, 0.05) is 30.8 Å². The van der Waals surface area contributed by atoms with Crippen molar-refractivity contribution in [3.63, 3.8) is 0 Å². The van der Waals surface area contributed by atoms with Crippen molar-refractivity contribution in [3.8, 4) is 34.0 Å². The summed E-state index contributed by atoms with van der Waals surface area (Å²) < 4.78 is 43.6. The van der Waals surface area contributed by atoms with Crippen molar-refractivity contribution in [3.05, 3.63) is 94.7 Å². The van der Waals surface area contributed by atoms with Gasteiger partial charge in [-0.15, -0.1) is 5.10 Å². The van der Waals surface area contributed by atoms with E-state index in [2.05, 4.69) is 26.2 Å². The smallest absolute Gasteiger partial charge is 0.274 e. The summed E-state index contributed by atoms with van der Waals surface area (Å²) in [6.45, 7) is 1.54. The van der Waals surface area contributed by atoms with Crippen molar-refractivity contribution in [2.45, 2.75) is 37.3 Å². The Labute approximate surface area is 278 Å². The highest BCUT2D eigenvalue weighted by Crippen LogP contribution is 2.41. The van der Waals surface area contributed by atoms with E-state index in [0.717, 1.165) is 28.8 Å². The summed E-state index contributed by atoms with van der Waals surface area (Å²) in [4.78, 5) is 15.7. The molecule has 242 valence electrons. The predicted octanol–water partition coefficient (Wildman–Crippen LogP) is 6.46. The van der Waals surface area contributed by atoms with E-state index in [9.17, 15) is 13.6 Å². The van der Waals surface area contributed by atoms with Crippen molar-refractivity contribution < 1.29 is 23.0 Å². The minimum atomic E-state index is -0.871. The molecule has 13 heteroatoms. The first-order valence-electron chi connectivity index (χ1n) is 15.3. The van der Waals surface area contributed by atoms with Gasteiger partial charge in [-0.2, -0.15) is 5.10 Å². The first kappa shape index (κ1) is 31.0. The lowest BCUT2D eigenvalue weighted by molar-refractivity contribution is -0.122. The molecule has 2 aliphatic rings. The fraction of sp³-hybridized carbons (Fsp3) is 0.294. The minimum absolute atomic E-state index is 0.0350. The molecule has 2 aromatic heterocycles. The summed E-state index contributed by atoms with van der Waals surface area (Å²) in [5.41, 5.74) is 8.67. The lowest BCUT2D eigenvalue weighted by Gasteiger charge is -2.46. The van der Waals surface area contributed by atoms with Crippen molar-refractivity contribution >= 4 is 27.5 Å². The summed E-state index contributed by atoms with van der Waals surface area (Å²) in [6.07, 6.45) is 4.34. The summed E-state index contributed by atoms with van der Waals surface area (Å²) >= 11 is 2.88. The van der Waals surface area contributed by atoms with E-state index in [1.54, 1.807) is 22.7 Å². The number of halogens is 3. The summed E-state index contributed by atoms with van der Waals surface area (Å²) in [5, 5.41) is 13.2. The highest BCUT2D eigenvalue weighted by Gasteiger charge is 2.42. The molecule has 1 spiro atoms. The van der Waals surface area contributed by atoms with Crippen molar-refractivity contribution in [1.29, 1.82) is 0 Å². The number of nitrogens with zero attached hydrogens (tertiary/aromatic N) is 6. The highest BCUT2D eigenvalue weighted by atomic mass is 79.9. The molecule has 0 radical (unpaired) electrons. The Balaban J connectivity index is 1.07. The number of benzene rings is 3. The number of carbonyl (C=O) groups excluding carboxylic acids is 1. The number of hydrogen-bond donors (Lipinski definition) is 1. The third-order valence-electron chi connectivity index (χ3n) is 9.10. The average Bonchev–Trinajstić information content (AvgIpc) is 3.78. The van der Waals surface area contributed by atoms with Crippen LogP contribution in [-0.4, -0.2) is 68.0 Å². The molecule has 7 rings (SSSR count). The van der Waals surface area contributed by atoms with E-state index >= 15 is 0 Å². The molecular weight excluding hydrogens is 672 g/mol. The summed E-state index contributed by atoms with van der Waals surface area (Å²) in [5.74, 6) is -1.03. The molecule has 2 N–H and O–H groups in total. The average molecular weight is 705 g/mol. The number of rotatable bonds is 6. The minimum Gasteiger partial charge on any atom is -0.497 e. The molecule has 2 aliphatic heterocycles. The van der Waals surface area contributed by atoms with Gasteiger partial charge in [0.05, 0.1) is 46.5 Å². The zero-order valence-corrected chi connectivity index (χ0v) is 27.2. The fourth-order valence-electron chi connectivity index (χ4n) is 6.47. The van der Waals surface area contributed by atoms with Gasteiger partial charge in [0.25, 0.3) is 5.91 Å². The molecule has 2 saturated heterocycles. The Morgan fingerprint density at radius 2 is 1.83 bits per heavy atom. The second-order valence-corrected chi connectivity index (χ2v) is 12.7. The molecule has 3 aromatic carbocycles. The lowest BCUT2D eigenvalue weighted by Crippen LogP contribution is -2.51. The van der Waals surface area contributed by atoms with Gasteiger partial charge < -0.3 is 20.1 Å². The zero-order chi connectivity index (χ0) is 32.7. The highest BCUT2D eigenvalue weighted by molar-refractivity contribution is 9.10. The van der Waals surface area contributed by atoms with Crippen LogP contribution in [0.2, 0.25) is 0 Å². The zero-order valence-electron chi connectivity index (χ0n) is 25.6. The van der Waals surface area contributed by atoms with Gasteiger partial charge in [-0.05, 0) is 90.1 Å². The molecular formula is C34H32BrF2N7O3. The SMILES string of the molecule is COc1ccc(-c2cc(C(=O)N3CCC4(CC3)CC(n3cc(-c5cc(F)c(Br)c(F)c5N)nn3)CCO4)nn2-c2ccccc2)cc1. The van der Waals surface area contributed by atoms with E-state index in [1.807, 2.05) is 65.6 Å². The number of carbonyl (C=O) groups is 1. The second-order valence-electron chi connectivity index (χ2n) is 11.9. The van der Waals surface area contributed by atoms with E-state index in [-0.39, 0.29) is 33.4 Å². The van der Waals surface area contributed by atoms with Gasteiger partial charge in [0.2, 0.25) is 0 Å². The Kier molecular flexibility index (Phi) is 8.27. The van der Waals surface area contributed by atoms with Crippen LogP contribution in [0.1, 0.15) is 42.2 Å². The van der Waals surface area contributed by atoms with Crippen LogP contribution in [0.5, 0.6) is 5.75 Å². The van der Waals surface area contributed by atoms with Gasteiger partial charge in [-0.3, -0.25) is 4.79 Å². The number of amides is 1. The van der Waals surface area contributed by atoms with E-state index in [0.29, 0.717) is 51.1 Å². The number of hydrogen-bond acceptors (Lipinski definition) is 7. The maximum Gasteiger partial charge on any atom is 0.274 e. The number of nitrogens with two attached hydrogens (primary N) is 1. The van der Waals surface area contributed by atoms with Gasteiger partial charge in [-0.25, -0.2) is 18.1 Å². The number of ether oxygens (including phenoxy) is 2. The monoisotopic (exact) mass is 703 g/mol.